The zero-order chi connectivity index (χ0) is 57.8. The Morgan fingerprint density at radius 3 is 0.887 bits per heavy atom. The van der Waals surface area contributed by atoms with E-state index in [0.29, 0.717) is 19.4 Å². The van der Waals surface area contributed by atoms with Crippen LogP contribution in [0.15, 0.2) is 24.3 Å². The van der Waals surface area contributed by atoms with Crippen molar-refractivity contribution in [1.29, 1.82) is 0 Å². The highest BCUT2D eigenvalue weighted by Gasteiger charge is 2.18. The number of nitrogens with one attached hydrogen (secondary N) is 1. The summed E-state index contributed by atoms with van der Waals surface area (Å²) in [5.41, 5.74) is 0. The molecule has 1 amide bonds. The SMILES string of the molecule is CCCCCCC/C=C\CCCCCCCC(=O)OCCCCCCCCCCCCCCCCCCCCCCCCCCCC(=O)NC(CO)C(O)/C=C/CCCCCCCCCCCCCCCCCCCCCCCC. The topological polar surface area (TPSA) is 95.9 Å². The Morgan fingerprint density at radius 1 is 0.338 bits per heavy atom. The molecule has 0 spiro atoms. The Hall–Kier alpha value is -1.66. The molecule has 0 aromatic rings. The van der Waals surface area contributed by atoms with Crippen molar-refractivity contribution < 1.29 is 24.5 Å². The Bertz CT molecular complexity index is 1250. The summed E-state index contributed by atoms with van der Waals surface area (Å²) in [6, 6.07) is -0.628. The lowest BCUT2D eigenvalue weighted by Crippen LogP contribution is -2.45. The summed E-state index contributed by atoms with van der Waals surface area (Å²) in [6.07, 6.45) is 88.4. The van der Waals surface area contributed by atoms with E-state index in [0.717, 1.165) is 44.9 Å². The Kier molecular flexibility index (Phi) is 68.4. The van der Waals surface area contributed by atoms with Gasteiger partial charge < -0.3 is 20.3 Å². The van der Waals surface area contributed by atoms with E-state index in [1.54, 1.807) is 6.08 Å². The second kappa shape index (κ2) is 69.8. The minimum atomic E-state index is -0.845. The smallest absolute Gasteiger partial charge is 0.305 e. The van der Waals surface area contributed by atoms with Gasteiger partial charge in [0.2, 0.25) is 5.91 Å². The molecular formula is C74H143NO5. The maximum absolute atomic E-state index is 12.5. The number of carbonyl (C=O) groups excluding carboxylic acids is 2. The van der Waals surface area contributed by atoms with Gasteiger partial charge in [-0.15, -0.1) is 0 Å². The lowest BCUT2D eigenvalue weighted by molar-refractivity contribution is -0.143. The van der Waals surface area contributed by atoms with Gasteiger partial charge in [-0.05, 0) is 57.8 Å². The van der Waals surface area contributed by atoms with Crippen LogP contribution in [0, 0.1) is 0 Å². The molecule has 6 nitrogen and oxygen atoms in total. The highest BCUT2D eigenvalue weighted by molar-refractivity contribution is 5.76. The molecule has 0 heterocycles. The van der Waals surface area contributed by atoms with Gasteiger partial charge in [0, 0.05) is 12.8 Å². The van der Waals surface area contributed by atoms with Crippen LogP contribution >= 0.6 is 0 Å². The summed E-state index contributed by atoms with van der Waals surface area (Å²) in [5.74, 6) is -0.0532. The van der Waals surface area contributed by atoms with Crippen LogP contribution in [0.5, 0.6) is 0 Å². The zero-order valence-electron chi connectivity index (χ0n) is 54.3. The second-order valence-electron chi connectivity index (χ2n) is 25.3. The van der Waals surface area contributed by atoms with E-state index < -0.39 is 12.1 Å². The molecule has 0 aromatic carbocycles. The molecule has 3 N–H and O–H groups in total. The van der Waals surface area contributed by atoms with Crippen molar-refractivity contribution in [1.82, 2.24) is 5.32 Å². The van der Waals surface area contributed by atoms with Crippen LogP contribution in [-0.4, -0.2) is 47.4 Å². The summed E-state index contributed by atoms with van der Waals surface area (Å²) in [7, 11) is 0. The van der Waals surface area contributed by atoms with Crippen molar-refractivity contribution in [3.05, 3.63) is 24.3 Å². The number of hydrogen-bond donors (Lipinski definition) is 3. The molecule has 0 saturated carbocycles. The first-order valence-electron chi connectivity index (χ1n) is 36.6. The van der Waals surface area contributed by atoms with E-state index >= 15 is 0 Å². The average molecular weight is 1130 g/mol. The molecule has 0 fully saturated rings. The van der Waals surface area contributed by atoms with Gasteiger partial charge in [-0.2, -0.15) is 0 Å². The first-order valence-corrected chi connectivity index (χ1v) is 36.6. The molecule has 0 radical (unpaired) electrons. The van der Waals surface area contributed by atoms with Crippen LogP contribution in [0.2, 0.25) is 0 Å². The van der Waals surface area contributed by atoms with E-state index in [-0.39, 0.29) is 18.5 Å². The van der Waals surface area contributed by atoms with Crippen molar-refractivity contribution in [3.8, 4) is 0 Å². The molecular weight excluding hydrogens is 983 g/mol. The van der Waals surface area contributed by atoms with E-state index in [1.165, 1.54) is 340 Å². The molecule has 0 aliphatic carbocycles. The average Bonchev–Trinajstić information content (AvgIpc) is 3.46. The van der Waals surface area contributed by atoms with Crippen LogP contribution in [0.25, 0.3) is 0 Å². The maximum Gasteiger partial charge on any atom is 0.305 e. The number of allylic oxidation sites excluding steroid dienone is 3. The number of carbonyl (C=O) groups is 2. The molecule has 0 aromatic heterocycles. The number of aliphatic hydroxyl groups is 2. The fourth-order valence-electron chi connectivity index (χ4n) is 11.6. The quantitative estimate of drug-likeness (QED) is 0.0320. The summed E-state index contributed by atoms with van der Waals surface area (Å²) < 4.78 is 5.49. The van der Waals surface area contributed by atoms with Gasteiger partial charge in [-0.1, -0.05) is 366 Å². The van der Waals surface area contributed by atoms with Gasteiger partial charge in [0.25, 0.3) is 0 Å². The predicted molar refractivity (Wildman–Crippen MR) is 352 cm³/mol. The predicted octanol–water partition coefficient (Wildman–Crippen LogP) is 23.7. The number of aliphatic hydroxyl groups excluding tert-OH is 2. The first-order chi connectivity index (χ1) is 39.5. The number of rotatable bonds is 69. The molecule has 80 heavy (non-hydrogen) atoms. The summed E-state index contributed by atoms with van der Waals surface area (Å²) in [5, 5.41) is 23.3. The van der Waals surface area contributed by atoms with Gasteiger partial charge in [-0.3, -0.25) is 9.59 Å². The number of ether oxygens (including phenoxy) is 1. The van der Waals surface area contributed by atoms with Crippen LogP contribution in [-0.2, 0) is 14.3 Å². The molecule has 6 heteroatoms. The third-order valence-electron chi connectivity index (χ3n) is 17.2. The number of amides is 1. The highest BCUT2D eigenvalue weighted by atomic mass is 16.5. The standard InChI is InChI=1S/C74H143NO5/c1-3-5-7-9-11-13-15-17-19-20-21-22-23-27-30-33-36-39-42-46-50-54-58-62-66-72(77)71(70-76)75-73(78)67-63-59-55-51-47-43-40-37-34-31-28-25-24-26-29-32-35-38-41-45-49-53-57-61-65-69-80-74(79)68-64-60-56-52-48-44-18-16-14-12-10-8-6-4-2/h16,18,62,66,71-72,76-77H,3-15,17,19-61,63-65,67-70H2,1-2H3,(H,75,78)/b18-16-,66-62+. The van der Waals surface area contributed by atoms with E-state index in [1.807, 2.05) is 6.08 Å². The van der Waals surface area contributed by atoms with Crippen LogP contribution < -0.4 is 5.32 Å². The van der Waals surface area contributed by atoms with Crippen LogP contribution in [0.4, 0.5) is 0 Å². The number of unbranched alkanes of at least 4 members (excludes halogenated alkanes) is 56. The molecule has 474 valence electrons. The summed E-state index contributed by atoms with van der Waals surface area (Å²) >= 11 is 0. The number of hydrogen-bond acceptors (Lipinski definition) is 5. The molecule has 0 bridgehead atoms. The minimum absolute atomic E-state index is 0.00830. The van der Waals surface area contributed by atoms with Gasteiger partial charge in [0.15, 0.2) is 0 Å². The zero-order valence-corrected chi connectivity index (χ0v) is 54.3. The van der Waals surface area contributed by atoms with Gasteiger partial charge in [0.1, 0.15) is 0 Å². The summed E-state index contributed by atoms with van der Waals surface area (Å²) in [4.78, 5) is 24.6. The van der Waals surface area contributed by atoms with Crippen molar-refractivity contribution in [2.24, 2.45) is 0 Å². The van der Waals surface area contributed by atoms with Gasteiger partial charge in [0.05, 0.1) is 25.4 Å². The van der Waals surface area contributed by atoms with E-state index in [9.17, 15) is 19.8 Å². The minimum Gasteiger partial charge on any atom is -0.466 e. The normalized spacial score (nSPS) is 12.6. The monoisotopic (exact) mass is 1130 g/mol. The van der Waals surface area contributed by atoms with Crippen LogP contribution in [0.3, 0.4) is 0 Å². The van der Waals surface area contributed by atoms with Gasteiger partial charge in [-0.25, -0.2) is 0 Å². The summed E-state index contributed by atoms with van der Waals surface area (Å²) in [6.45, 7) is 4.93. The molecule has 0 saturated heterocycles. The van der Waals surface area contributed by atoms with Crippen LogP contribution in [0.1, 0.15) is 412 Å². The maximum atomic E-state index is 12.5. The van der Waals surface area contributed by atoms with Crippen molar-refractivity contribution >= 4 is 11.9 Å². The Morgan fingerprint density at radius 2 is 0.588 bits per heavy atom. The Labute approximate surface area is 501 Å². The first kappa shape index (κ1) is 78.3. The Balaban J connectivity index is 3.39. The molecule has 0 rings (SSSR count). The molecule has 0 aliphatic rings. The van der Waals surface area contributed by atoms with Crippen molar-refractivity contribution in [2.75, 3.05) is 13.2 Å². The second-order valence-corrected chi connectivity index (χ2v) is 25.3. The lowest BCUT2D eigenvalue weighted by atomic mass is 10.0. The van der Waals surface area contributed by atoms with Crippen molar-refractivity contribution in [3.63, 3.8) is 0 Å². The van der Waals surface area contributed by atoms with E-state index in [4.69, 9.17) is 4.74 Å². The third kappa shape index (κ3) is 65.5. The van der Waals surface area contributed by atoms with E-state index in [2.05, 4.69) is 31.3 Å². The fourth-order valence-corrected chi connectivity index (χ4v) is 11.6. The highest BCUT2D eigenvalue weighted by Crippen LogP contribution is 2.19. The number of esters is 1. The van der Waals surface area contributed by atoms with Crippen molar-refractivity contribution in [2.45, 2.75) is 424 Å². The largest absolute Gasteiger partial charge is 0.466 e. The molecule has 2 unspecified atom stereocenters. The molecule has 0 aliphatic heterocycles. The molecule has 2 atom stereocenters. The van der Waals surface area contributed by atoms with Gasteiger partial charge >= 0.3 is 5.97 Å². The lowest BCUT2D eigenvalue weighted by Gasteiger charge is -2.20. The fraction of sp³-hybridized carbons (Fsp3) is 0.919. The third-order valence-corrected chi connectivity index (χ3v) is 17.2.